The van der Waals surface area contributed by atoms with Crippen LogP contribution in [-0.2, 0) is 7.05 Å². The van der Waals surface area contributed by atoms with Crippen molar-refractivity contribution in [2.45, 2.75) is 19.9 Å². The predicted molar refractivity (Wildman–Crippen MR) is 81.3 cm³/mol. The first-order valence-corrected chi connectivity index (χ1v) is 6.82. The third-order valence-corrected chi connectivity index (χ3v) is 3.36. The van der Waals surface area contributed by atoms with Crippen molar-refractivity contribution in [2.75, 3.05) is 5.32 Å². The highest BCUT2D eigenvalue weighted by Gasteiger charge is 2.11. The summed E-state index contributed by atoms with van der Waals surface area (Å²) in [7, 11) is 1.84. The van der Waals surface area contributed by atoms with Crippen LogP contribution in [-0.4, -0.2) is 25.2 Å². The van der Waals surface area contributed by atoms with Gasteiger partial charge >= 0.3 is 0 Å². The number of nitrogens with one attached hydrogen (secondary N) is 1. The number of rotatable bonds is 3. The largest absolute Gasteiger partial charge is 0.347 e. The molecular formula is C15H17N5O. The number of hydrogen-bond acceptors (Lipinski definition) is 3. The lowest BCUT2D eigenvalue weighted by Gasteiger charge is -2.08. The third kappa shape index (κ3) is 2.40. The molecule has 0 radical (unpaired) electrons. The number of hydrogen-bond donors (Lipinski definition) is 1. The van der Waals surface area contributed by atoms with E-state index in [9.17, 15) is 4.79 Å². The van der Waals surface area contributed by atoms with Crippen LogP contribution in [0.15, 0.2) is 36.8 Å². The van der Waals surface area contributed by atoms with E-state index in [0.717, 1.165) is 11.0 Å². The minimum Gasteiger partial charge on any atom is -0.347 e. The normalized spacial score (nSPS) is 11.2. The standard InChI is InChI=1S/C15H17N5O/c1-10(2)20-14-11(8-17-20)7-12(9-16-14)18-15(21)13-5-4-6-19(13)3/h4-10H,1-3H3,(H,18,21). The van der Waals surface area contributed by atoms with Crippen LogP contribution >= 0.6 is 0 Å². The van der Waals surface area contributed by atoms with E-state index in [1.807, 2.05) is 30.1 Å². The smallest absolute Gasteiger partial charge is 0.272 e. The van der Waals surface area contributed by atoms with Crippen molar-refractivity contribution in [3.63, 3.8) is 0 Å². The number of anilines is 1. The van der Waals surface area contributed by atoms with E-state index in [-0.39, 0.29) is 11.9 Å². The zero-order chi connectivity index (χ0) is 15.0. The number of carbonyl (C=O) groups excluding carboxylic acids is 1. The second-order valence-corrected chi connectivity index (χ2v) is 5.28. The van der Waals surface area contributed by atoms with E-state index in [1.54, 1.807) is 23.0 Å². The monoisotopic (exact) mass is 283 g/mol. The summed E-state index contributed by atoms with van der Waals surface area (Å²) in [6.45, 7) is 4.11. The van der Waals surface area contributed by atoms with Crippen LogP contribution in [0.4, 0.5) is 5.69 Å². The Hall–Kier alpha value is -2.63. The Morgan fingerprint density at radius 2 is 2.14 bits per heavy atom. The first-order valence-electron chi connectivity index (χ1n) is 6.82. The van der Waals surface area contributed by atoms with Gasteiger partial charge in [0.15, 0.2) is 5.65 Å². The van der Waals surface area contributed by atoms with E-state index >= 15 is 0 Å². The molecule has 0 saturated carbocycles. The summed E-state index contributed by atoms with van der Waals surface area (Å²) in [6, 6.07) is 5.75. The number of carbonyl (C=O) groups is 1. The van der Waals surface area contributed by atoms with Crippen molar-refractivity contribution in [1.82, 2.24) is 19.3 Å². The molecular weight excluding hydrogens is 266 g/mol. The Morgan fingerprint density at radius 3 is 2.81 bits per heavy atom. The van der Waals surface area contributed by atoms with Crippen LogP contribution in [0.2, 0.25) is 0 Å². The molecule has 0 unspecified atom stereocenters. The summed E-state index contributed by atoms with van der Waals surface area (Å²) in [5.74, 6) is -0.153. The molecule has 0 bridgehead atoms. The van der Waals surface area contributed by atoms with Crippen LogP contribution in [0.25, 0.3) is 11.0 Å². The van der Waals surface area contributed by atoms with Crippen molar-refractivity contribution in [1.29, 1.82) is 0 Å². The van der Waals surface area contributed by atoms with Crippen molar-refractivity contribution in [3.8, 4) is 0 Å². The second kappa shape index (κ2) is 5.05. The molecule has 0 atom stereocenters. The minimum absolute atomic E-state index is 0.153. The number of fused-ring (bicyclic) bond motifs is 1. The van der Waals surface area contributed by atoms with Gasteiger partial charge in [0, 0.05) is 24.7 Å². The molecule has 0 aliphatic heterocycles. The van der Waals surface area contributed by atoms with Gasteiger partial charge in [-0.15, -0.1) is 0 Å². The van der Waals surface area contributed by atoms with Gasteiger partial charge < -0.3 is 9.88 Å². The predicted octanol–water partition coefficient (Wildman–Crippen LogP) is 2.60. The highest BCUT2D eigenvalue weighted by atomic mass is 16.1. The van der Waals surface area contributed by atoms with Gasteiger partial charge in [-0.3, -0.25) is 4.79 Å². The van der Waals surface area contributed by atoms with E-state index in [4.69, 9.17) is 0 Å². The molecule has 3 aromatic rings. The molecule has 0 aromatic carbocycles. The summed E-state index contributed by atoms with van der Waals surface area (Å²) in [6.07, 6.45) is 5.26. The highest BCUT2D eigenvalue weighted by Crippen LogP contribution is 2.19. The summed E-state index contributed by atoms with van der Waals surface area (Å²) >= 11 is 0. The first-order chi connectivity index (χ1) is 10.1. The molecule has 0 aliphatic rings. The Balaban J connectivity index is 1.88. The number of nitrogens with zero attached hydrogens (tertiary/aromatic N) is 4. The van der Waals surface area contributed by atoms with Crippen LogP contribution in [0.1, 0.15) is 30.4 Å². The van der Waals surface area contributed by atoms with Gasteiger partial charge in [0.1, 0.15) is 5.69 Å². The molecule has 0 aliphatic carbocycles. The fourth-order valence-corrected chi connectivity index (χ4v) is 2.28. The molecule has 3 heterocycles. The number of aromatic nitrogens is 4. The molecule has 21 heavy (non-hydrogen) atoms. The molecule has 0 fully saturated rings. The van der Waals surface area contributed by atoms with Crippen LogP contribution in [0, 0.1) is 0 Å². The third-order valence-electron chi connectivity index (χ3n) is 3.36. The lowest BCUT2D eigenvalue weighted by molar-refractivity contribution is 0.101. The fourth-order valence-electron chi connectivity index (χ4n) is 2.28. The molecule has 6 nitrogen and oxygen atoms in total. The summed E-state index contributed by atoms with van der Waals surface area (Å²) in [5.41, 5.74) is 2.09. The average molecular weight is 283 g/mol. The molecule has 1 amide bonds. The topological polar surface area (TPSA) is 64.7 Å². The first kappa shape index (κ1) is 13.4. The maximum Gasteiger partial charge on any atom is 0.272 e. The maximum atomic E-state index is 12.2. The van der Waals surface area contributed by atoms with Gasteiger partial charge in [0.2, 0.25) is 0 Å². The van der Waals surface area contributed by atoms with Crippen LogP contribution < -0.4 is 5.32 Å². The van der Waals surface area contributed by atoms with E-state index < -0.39 is 0 Å². The molecule has 3 rings (SSSR count). The minimum atomic E-state index is -0.153. The number of aryl methyl sites for hydroxylation is 1. The molecule has 108 valence electrons. The van der Waals surface area contributed by atoms with Crippen LogP contribution in [0.3, 0.4) is 0 Å². The number of amides is 1. The van der Waals surface area contributed by atoms with E-state index in [2.05, 4.69) is 29.2 Å². The zero-order valence-electron chi connectivity index (χ0n) is 12.2. The quantitative estimate of drug-likeness (QED) is 0.803. The van der Waals surface area contributed by atoms with Gasteiger partial charge in [-0.25, -0.2) is 9.67 Å². The molecule has 1 N–H and O–H groups in total. The van der Waals surface area contributed by atoms with Gasteiger partial charge in [-0.1, -0.05) is 0 Å². The molecule has 0 saturated heterocycles. The highest BCUT2D eigenvalue weighted by molar-refractivity contribution is 6.03. The van der Waals surface area contributed by atoms with Gasteiger partial charge in [-0.05, 0) is 32.0 Å². The van der Waals surface area contributed by atoms with Crippen molar-refractivity contribution in [2.24, 2.45) is 7.05 Å². The van der Waals surface area contributed by atoms with E-state index in [1.165, 1.54) is 0 Å². The van der Waals surface area contributed by atoms with Crippen molar-refractivity contribution in [3.05, 3.63) is 42.5 Å². The molecule has 3 aromatic heterocycles. The average Bonchev–Trinajstić information content (AvgIpc) is 3.04. The summed E-state index contributed by atoms with van der Waals surface area (Å²) in [5, 5.41) is 8.08. The van der Waals surface area contributed by atoms with Crippen LogP contribution in [0.5, 0.6) is 0 Å². The van der Waals surface area contributed by atoms with Crippen molar-refractivity contribution >= 4 is 22.6 Å². The van der Waals surface area contributed by atoms with Gasteiger partial charge in [-0.2, -0.15) is 5.10 Å². The molecule has 6 heteroatoms. The summed E-state index contributed by atoms with van der Waals surface area (Å²) in [4.78, 5) is 16.6. The van der Waals surface area contributed by atoms with Crippen molar-refractivity contribution < 1.29 is 4.79 Å². The maximum absolute atomic E-state index is 12.2. The lowest BCUT2D eigenvalue weighted by atomic mass is 10.3. The SMILES string of the molecule is CC(C)n1ncc2cc(NC(=O)c3cccn3C)cnc21. The van der Waals surface area contributed by atoms with Gasteiger partial charge in [0.05, 0.1) is 18.1 Å². The lowest BCUT2D eigenvalue weighted by Crippen LogP contribution is -2.15. The Morgan fingerprint density at radius 1 is 1.33 bits per heavy atom. The summed E-state index contributed by atoms with van der Waals surface area (Å²) < 4.78 is 3.64. The Labute approximate surface area is 122 Å². The van der Waals surface area contributed by atoms with E-state index in [0.29, 0.717) is 11.4 Å². The van der Waals surface area contributed by atoms with Gasteiger partial charge in [0.25, 0.3) is 5.91 Å². The zero-order valence-corrected chi connectivity index (χ0v) is 12.2. The second-order valence-electron chi connectivity index (χ2n) is 5.28. The number of pyridine rings is 1. The Kier molecular flexibility index (Phi) is 3.21. The fraction of sp³-hybridized carbons (Fsp3) is 0.267. The Bertz CT molecular complexity index is 799. The molecule has 0 spiro atoms.